The number of rotatable bonds is 3. The highest BCUT2D eigenvalue weighted by atomic mass is 32.2. The fourth-order valence-electron chi connectivity index (χ4n) is 2.81. The number of hydrogen-bond acceptors (Lipinski definition) is 4. The van der Waals surface area contributed by atoms with E-state index in [-0.39, 0.29) is 13.0 Å². The molecule has 2 aromatic carbocycles. The number of halogens is 1. The minimum atomic E-state index is -3.52. The van der Waals surface area contributed by atoms with Crippen LogP contribution in [-0.2, 0) is 14.8 Å². The van der Waals surface area contributed by atoms with Gasteiger partial charge in [0.25, 0.3) is 5.91 Å². The van der Waals surface area contributed by atoms with Crippen LogP contribution in [-0.4, -0.2) is 33.2 Å². The zero-order chi connectivity index (χ0) is 18.9. The molecule has 3 rings (SSSR count). The van der Waals surface area contributed by atoms with Crippen LogP contribution in [0.15, 0.2) is 42.5 Å². The van der Waals surface area contributed by atoms with E-state index in [9.17, 15) is 17.6 Å². The van der Waals surface area contributed by atoms with E-state index in [4.69, 9.17) is 4.74 Å². The number of hydrogen-bond donors (Lipinski definition) is 1. The Morgan fingerprint density at radius 3 is 2.73 bits per heavy atom. The lowest BCUT2D eigenvalue weighted by Crippen LogP contribution is -2.36. The molecule has 1 heterocycles. The average Bonchev–Trinajstić information content (AvgIpc) is 2.73. The molecule has 6 nitrogen and oxygen atoms in total. The quantitative estimate of drug-likeness (QED) is 0.891. The van der Waals surface area contributed by atoms with E-state index in [0.29, 0.717) is 17.1 Å². The smallest absolute Gasteiger partial charge is 0.265 e. The van der Waals surface area contributed by atoms with Gasteiger partial charge in [-0.05, 0) is 42.8 Å². The van der Waals surface area contributed by atoms with Gasteiger partial charge in [-0.1, -0.05) is 12.1 Å². The van der Waals surface area contributed by atoms with Crippen LogP contribution in [0.4, 0.5) is 15.8 Å². The molecule has 1 atom stereocenters. The van der Waals surface area contributed by atoms with Crippen molar-refractivity contribution in [2.24, 2.45) is 0 Å². The van der Waals surface area contributed by atoms with E-state index in [1.54, 1.807) is 24.3 Å². The molecule has 1 unspecified atom stereocenters. The highest BCUT2D eigenvalue weighted by molar-refractivity contribution is 7.92. The summed E-state index contributed by atoms with van der Waals surface area (Å²) < 4.78 is 44.6. The van der Waals surface area contributed by atoms with Gasteiger partial charge in [-0.2, -0.15) is 0 Å². The number of aryl methyl sites for hydroxylation is 1. The summed E-state index contributed by atoms with van der Waals surface area (Å²) in [6.45, 7) is 1.95. The van der Waals surface area contributed by atoms with Gasteiger partial charge in [0.05, 0.1) is 11.9 Å². The fraction of sp³-hybridized carbons (Fsp3) is 0.278. The maximum Gasteiger partial charge on any atom is 0.265 e. The number of amides is 1. The van der Waals surface area contributed by atoms with E-state index in [0.717, 1.165) is 11.8 Å². The van der Waals surface area contributed by atoms with Crippen molar-refractivity contribution in [3.63, 3.8) is 0 Å². The maximum atomic E-state index is 13.3. The second-order valence-corrected chi connectivity index (χ2v) is 8.11. The van der Waals surface area contributed by atoms with Crippen LogP contribution < -0.4 is 14.4 Å². The molecule has 8 heteroatoms. The Bertz CT molecular complexity index is 946. The predicted octanol–water partition coefficient (Wildman–Crippen LogP) is 2.69. The first-order valence-electron chi connectivity index (χ1n) is 8.05. The van der Waals surface area contributed by atoms with Crippen molar-refractivity contribution in [1.82, 2.24) is 0 Å². The molecule has 0 spiro atoms. The van der Waals surface area contributed by atoms with E-state index in [1.165, 1.54) is 22.5 Å². The van der Waals surface area contributed by atoms with Crippen molar-refractivity contribution in [3.05, 3.63) is 53.8 Å². The Morgan fingerprint density at radius 1 is 1.27 bits per heavy atom. The molecular weight excluding hydrogens is 359 g/mol. The largest absolute Gasteiger partial charge is 0.478 e. The molecule has 0 radical (unpaired) electrons. The maximum absolute atomic E-state index is 13.3. The SMILES string of the molecule is Cc1ccc2c(c1)N(S(C)(=O)=O)CCC(C(=O)Nc1cccc(F)c1)O2. The molecule has 1 amide bonds. The molecule has 2 aromatic rings. The summed E-state index contributed by atoms with van der Waals surface area (Å²) in [6, 6.07) is 10.7. The molecule has 0 bridgehead atoms. The Kier molecular flexibility index (Phi) is 4.86. The zero-order valence-corrected chi connectivity index (χ0v) is 15.2. The second kappa shape index (κ2) is 6.95. The van der Waals surface area contributed by atoms with Gasteiger partial charge in [0, 0.05) is 18.7 Å². The lowest BCUT2D eigenvalue weighted by Gasteiger charge is -2.21. The van der Waals surface area contributed by atoms with E-state index < -0.39 is 27.9 Å². The number of nitrogens with zero attached hydrogens (tertiary/aromatic N) is 1. The van der Waals surface area contributed by atoms with Crippen LogP contribution in [0.25, 0.3) is 0 Å². The molecule has 0 saturated heterocycles. The first-order chi connectivity index (χ1) is 12.2. The molecule has 0 saturated carbocycles. The highest BCUT2D eigenvalue weighted by Gasteiger charge is 2.31. The monoisotopic (exact) mass is 378 g/mol. The van der Waals surface area contributed by atoms with Crippen molar-refractivity contribution in [2.75, 3.05) is 22.4 Å². The second-order valence-electron chi connectivity index (χ2n) is 6.20. The summed E-state index contributed by atoms with van der Waals surface area (Å²) in [5, 5.41) is 2.60. The van der Waals surface area contributed by atoms with E-state index in [2.05, 4.69) is 5.32 Å². The van der Waals surface area contributed by atoms with Crippen LogP contribution in [0.2, 0.25) is 0 Å². The number of nitrogens with one attached hydrogen (secondary N) is 1. The number of ether oxygens (including phenoxy) is 1. The number of sulfonamides is 1. The Hall–Kier alpha value is -2.61. The predicted molar refractivity (Wildman–Crippen MR) is 97.4 cm³/mol. The summed E-state index contributed by atoms with van der Waals surface area (Å²) in [4.78, 5) is 12.5. The normalized spacial score (nSPS) is 17.0. The molecule has 1 aliphatic heterocycles. The molecule has 138 valence electrons. The lowest BCUT2D eigenvalue weighted by atomic mass is 10.2. The molecule has 26 heavy (non-hydrogen) atoms. The van der Waals surface area contributed by atoms with Crippen molar-refractivity contribution < 1.29 is 22.3 Å². The highest BCUT2D eigenvalue weighted by Crippen LogP contribution is 2.35. The summed E-state index contributed by atoms with van der Waals surface area (Å²) in [6.07, 6.45) is 0.389. The number of carbonyl (C=O) groups is 1. The third-order valence-corrected chi connectivity index (χ3v) is 5.21. The van der Waals surface area contributed by atoms with Gasteiger partial charge >= 0.3 is 0 Å². The van der Waals surface area contributed by atoms with Gasteiger partial charge in [-0.25, -0.2) is 12.8 Å². The first-order valence-corrected chi connectivity index (χ1v) is 9.90. The van der Waals surface area contributed by atoms with Crippen molar-refractivity contribution >= 4 is 27.3 Å². The Balaban J connectivity index is 1.88. The molecule has 1 aliphatic rings. The van der Waals surface area contributed by atoms with Gasteiger partial charge in [-0.3, -0.25) is 9.10 Å². The van der Waals surface area contributed by atoms with Gasteiger partial charge < -0.3 is 10.1 Å². The topological polar surface area (TPSA) is 75.7 Å². The number of benzene rings is 2. The van der Waals surface area contributed by atoms with Crippen molar-refractivity contribution in [2.45, 2.75) is 19.4 Å². The third-order valence-electron chi connectivity index (χ3n) is 4.03. The minimum Gasteiger partial charge on any atom is -0.478 e. The number of carbonyl (C=O) groups excluding carboxylic acids is 1. The van der Waals surface area contributed by atoms with Crippen LogP contribution in [0, 0.1) is 12.7 Å². The third kappa shape index (κ3) is 3.96. The van der Waals surface area contributed by atoms with Gasteiger partial charge in [0.1, 0.15) is 11.6 Å². The van der Waals surface area contributed by atoms with Crippen LogP contribution in [0.1, 0.15) is 12.0 Å². The average molecular weight is 378 g/mol. The van der Waals surface area contributed by atoms with E-state index >= 15 is 0 Å². The summed E-state index contributed by atoms with van der Waals surface area (Å²) in [7, 11) is -3.52. The van der Waals surface area contributed by atoms with E-state index in [1.807, 2.05) is 6.92 Å². The summed E-state index contributed by atoms with van der Waals surface area (Å²) >= 11 is 0. The van der Waals surface area contributed by atoms with Gasteiger partial charge in [-0.15, -0.1) is 0 Å². The molecule has 1 N–H and O–H groups in total. The van der Waals surface area contributed by atoms with Crippen LogP contribution >= 0.6 is 0 Å². The van der Waals surface area contributed by atoms with Gasteiger partial charge in [0.15, 0.2) is 6.10 Å². The Labute approximate surface area is 151 Å². The number of anilines is 2. The van der Waals surface area contributed by atoms with Crippen LogP contribution in [0.3, 0.4) is 0 Å². The summed E-state index contributed by atoms with van der Waals surface area (Å²) in [5.41, 5.74) is 1.60. The molecule has 0 fully saturated rings. The molecule has 0 aliphatic carbocycles. The van der Waals surface area contributed by atoms with Crippen LogP contribution in [0.5, 0.6) is 5.75 Å². The standard InChI is InChI=1S/C18H19FN2O4S/c1-12-6-7-16-15(10-12)21(26(2,23)24)9-8-17(25-16)18(22)20-14-5-3-4-13(19)11-14/h3-7,10-11,17H,8-9H2,1-2H3,(H,20,22). The summed E-state index contributed by atoms with van der Waals surface area (Å²) in [5.74, 6) is -0.607. The first kappa shape index (κ1) is 18.2. The van der Waals surface area contributed by atoms with Gasteiger partial charge in [0.2, 0.25) is 10.0 Å². The Morgan fingerprint density at radius 2 is 2.04 bits per heavy atom. The van der Waals surface area contributed by atoms with Crippen molar-refractivity contribution in [3.8, 4) is 5.75 Å². The molecule has 0 aromatic heterocycles. The van der Waals surface area contributed by atoms with Crippen molar-refractivity contribution in [1.29, 1.82) is 0 Å². The lowest BCUT2D eigenvalue weighted by molar-refractivity contribution is -0.122. The minimum absolute atomic E-state index is 0.108. The number of fused-ring (bicyclic) bond motifs is 1. The fourth-order valence-corrected chi connectivity index (χ4v) is 3.74. The zero-order valence-electron chi connectivity index (χ0n) is 14.4. The molecular formula is C18H19FN2O4S.